The van der Waals surface area contributed by atoms with Gasteiger partial charge in [0.25, 0.3) is 0 Å². The summed E-state index contributed by atoms with van der Waals surface area (Å²) in [5, 5.41) is 0.316. The van der Waals surface area contributed by atoms with Gasteiger partial charge in [-0.05, 0) is 24.0 Å². The van der Waals surface area contributed by atoms with Gasteiger partial charge in [0.15, 0.2) is 5.78 Å². The normalized spacial score (nSPS) is 11.4. The Morgan fingerprint density at radius 1 is 1.35 bits per heavy atom. The van der Waals surface area contributed by atoms with E-state index in [1.165, 1.54) is 0 Å². The van der Waals surface area contributed by atoms with Crippen LogP contribution in [0.4, 0.5) is 0 Å². The summed E-state index contributed by atoms with van der Waals surface area (Å²) in [6.45, 7) is 8.35. The van der Waals surface area contributed by atoms with Gasteiger partial charge in [-0.1, -0.05) is 42.8 Å². The number of Topliss-reactive ketones (excluding diaryl/α,β-unsaturated/α-hetero) is 1. The van der Waals surface area contributed by atoms with Gasteiger partial charge in [0.05, 0.1) is 18.0 Å². The van der Waals surface area contributed by atoms with Crippen molar-refractivity contribution in [3.05, 3.63) is 28.8 Å². The fourth-order valence-corrected chi connectivity index (χ4v) is 2.13. The molecule has 17 heavy (non-hydrogen) atoms. The molecule has 0 bridgehead atoms. The van der Waals surface area contributed by atoms with E-state index in [9.17, 15) is 4.79 Å². The predicted octanol–water partition coefficient (Wildman–Crippen LogP) is 3.88. The lowest BCUT2D eigenvalue weighted by Gasteiger charge is -2.24. The highest BCUT2D eigenvalue weighted by atomic mass is 79.9. The SMILES string of the molecule is COc1c(C(=O)CBr)cc(C)cc1C(C)(C)C. The molecule has 0 aromatic heterocycles. The number of carbonyl (C=O) groups excluding carboxylic acids is 1. The number of carbonyl (C=O) groups is 1. The topological polar surface area (TPSA) is 26.3 Å². The van der Waals surface area contributed by atoms with Crippen molar-refractivity contribution in [3.8, 4) is 5.75 Å². The van der Waals surface area contributed by atoms with E-state index in [4.69, 9.17) is 4.74 Å². The molecule has 0 heterocycles. The summed E-state index contributed by atoms with van der Waals surface area (Å²) in [7, 11) is 1.62. The molecule has 0 N–H and O–H groups in total. The summed E-state index contributed by atoms with van der Waals surface area (Å²) in [5.41, 5.74) is 2.78. The minimum Gasteiger partial charge on any atom is -0.496 e. The van der Waals surface area contributed by atoms with Crippen LogP contribution in [-0.2, 0) is 5.41 Å². The molecule has 0 saturated heterocycles. The second-order valence-electron chi connectivity index (χ2n) is 5.20. The molecular weight excluding hydrogens is 280 g/mol. The van der Waals surface area contributed by atoms with Crippen LogP contribution in [0.1, 0.15) is 42.3 Å². The molecular formula is C14H19BrO2. The van der Waals surface area contributed by atoms with Crippen molar-refractivity contribution in [1.29, 1.82) is 0 Å². The monoisotopic (exact) mass is 298 g/mol. The molecule has 0 aliphatic carbocycles. The van der Waals surface area contributed by atoms with Crippen LogP contribution in [0.3, 0.4) is 0 Å². The summed E-state index contributed by atoms with van der Waals surface area (Å²) in [5.74, 6) is 0.753. The average Bonchev–Trinajstić information content (AvgIpc) is 2.25. The van der Waals surface area contributed by atoms with Gasteiger partial charge >= 0.3 is 0 Å². The third-order valence-corrected chi connectivity index (χ3v) is 3.18. The van der Waals surface area contributed by atoms with Crippen molar-refractivity contribution < 1.29 is 9.53 Å². The van der Waals surface area contributed by atoms with E-state index in [0.717, 1.165) is 11.1 Å². The minimum atomic E-state index is -0.0430. The van der Waals surface area contributed by atoms with Gasteiger partial charge < -0.3 is 4.74 Å². The molecule has 0 aliphatic heterocycles. The molecule has 0 amide bonds. The minimum absolute atomic E-state index is 0.0430. The highest BCUT2D eigenvalue weighted by Crippen LogP contribution is 2.35. The average molecular weight is 299 g/mol. The number of hydrogen-bond acceptors (Lipinski definition) is 2. The third-order valence-electron chi connectivity index (χ3n) is 2.67. The first-order valence-electron chi connectivity index (χ1n) is 5.59. The van der Waals surface area contributed by atoms with E-state index >= 15 is 0 Å². The van der Waals surface area contributed by atoms with E-state index < -0.39 is 0 Å². The van der Waals surface area contributed by atoms with Crippen LogP contribution < -0.4 is 4.74 Å². The van der Waals surface area contributed by atoms with E-state index in [1.54, 1.807) is 7.11 Å². The predicted molar refractivity (Wildman–Crippen MR) is 74.6 cm³/mol. The van der Waals surface area contributed by atoms with Crippen LogP contribution >= 0.6 is 15.9 Å². The first-order valence-corrected chi connectivity index (χ1v) is 6.71. The Bertz CT molecular complexity index is 431. The largest absolute Gasteiger partial charge is 0.496 e. The summed E-state index contributed by atoms with van der Waals surface area (Å²) in [6, 6.07) is 3.97. The fourth-order valence-electron chi connectivity index (χ4n) is 1.83. The molecule has 0 unspecified atom stereocenters. The Hall–Kier alpha value is -0.830. The Morgan fingerprint density at radius 3 is 2.35 bits per heavy atom. The van der Waals surface area contributed by atoms with Crippen molar-refractivity contribution in [3.63, 3.8) is 0 Å². The molecule has 0 atom stereocenters. The molecule has 0 saturated carbocycles. The number of rotatable bonds is 3. The fraction of sp³-hybridized carbons (Fsp3) is 0.500. The van der Waals surface area contributed by atoms with Crippen molar-refractivity contribution in [2.24, 2.45) is 0 Å². The zero-order valence-electron chi connectivity index (χ0n) is 11.1. The third kappa shape index (κ3) is 3.09. The first-order chi connectivity index (χ1) is 7.81. The van der Waals surface area contributed by atoms with Crippen molar-refractivity contribution in [1.82, 2.24) is 0 Å². The number of aryl methyl sites for hydroxylation is 1. The number of hydrogen-bond donors (Lipinski definition) is 0. The zero-order chi connectivity index (χ0) is 13.2. The Labute approximate surface area is 111 Å². The van der Waals surface area contributed by atoms with E-state index in [-0.39, 0.29) is 11.2 Å². The second-order valence-corrected chi connectivity index (χ2v) is 5.76. The molecule has 3 heteroatoms. The second kappa shape index (κ2) is 5.21. The lowest BCUT2D eigenvalue weighted by molar-refractivity contribution is 0.102. The van der Waals surface area contributed by atoms with Crippen LogP contribution in [0.2, 0.25) is 0 Å². The van der Waals surface area contributed by atoms with Crippen LogP contribution in [0.25, 0.3) is 0 Å². The molecule has 0 fully saturated rings. The van der Waals surface area contributed by atoms with Gasteiger partial charge in [-0.3, -0.25) is 4.79 Å². The highest BCUT2D eigenvalue weighted by molar-refractivity contribution is 9.09. The maximum Gasteiger partial charge on any atom is 0.177 e. The van der Waals surface area contributed by atoms with E-state index in [2.05, 4.69) is 42.8 Å². The molecule has 1 aromatic rings. The maximum absolute atomic E-state index is 11.9. The number of benzene rings is 1. The maximum atomic E-state index is 11.9. The summed E-state index contributed by atoms with van der Waals surface area (Å²) < 4.78 is 5.44. The summed E-state index contributed by atoms with van der Waals surface area (Å²) in [4.78, 5) is 11.9. The Morgan fingerprint density at radius 2 is 1.94 bits per heavy atom. The van der Waals surface area contributed by atoms with Gasteiger partial charge in [-0.2, -0.15) is 0 Å². The van der Waals surface area contributed by atoms with Crippen molar-refractivity contribution in [2.75, 3.05) is 12.4 Å². The van der Waals surface area contributed by atoms with Crippen LogP contribution in [0, 0.1) is 6.92 Å². The molecule has 1 aromatic carbocycles. The van der Waals surface area contributed by atoms with Gasteiger partial charge in [-0.25, -0.2) is 0 Å². The molecule has 2 nitrogen and oxygen atoms in total. The number of ketones is 1. The van der Waals surface area contributed by atoms with Gasteiger partial charge in [0.1, 0.15) is 5.75 Å². The summed E-state index contributed by atoms with van der Waals surface area (Å²) in [6.07, 6.45) is 0. The molecule has 94 valence electrons. The van der Waals surface area contributed by atoms with Gasteiger partial charge in [0, 0.05) is 5.56 Å². The number of halogens is 1. The lowest BCUT2D eigenvalue weighted by atomic mass is 9.83. The standard InChI is InChI=1S/C14H19BrO2/c1-9-6-10(12(16)8-15)13(17-5)11(7-9)14(2,3)4/h6-7H,8H2,1-5H3. The zero-order valence-corrected chi connectivity index (χ0v) is 12.6. The van der Waals surface area contributed by atoms with Gasteiger partial charge in [0.2, 0.25) is 0 Å². The van der Waals surface area contributed by atoms with Crippen molar-refractivity contribution in [2.45, 2.75) is 33.1 Å². The quantitative estimate of drug-likeness (QED) is 0.625. The van der Waals surface area contributed by atoms with Gasteiger partial charge in [-0.15, -0.1) is 0 Å². The van der Waals surface area contributed by atoms with Crippen LogP contribution in [-0.4, -0.2) is 18.2 Å². The Balaban J connectivity index is 3.52. The lowest BCUT2D eigenvalue weighted by Crippen LogP contribution is -2.16. The van der Waals surface area contributed by atoms with E-state index in [1.807, 2.05) is 13.0 Å². The van der Waals surface area contributed by atoms with Crippen LogP contribution in [0.15, 0.2) is 12.1 Å². The molecule has 0 radical (unpaired) electrons. The molecule has 0 aliphatic rings. The Kier molecular flexibility index (Phi) is 4.36. The van der Waals surface area contributed by atoms with E-state index in [0.29, 0.717) is 16.6 Å². The molecule has 0 spiro atoms. The molecule has 1 rings (SSSR count). The summed E-state index contributed by atoms with van der Waals surface area (Å²) >= 11 is 3.21. The number of ether oxygens (including phenoxy) is 1. The smallest absolute Gasteiger partial charge is 0.177 e. The first kappa shape index (κ1) is 14.2. The van der Waals surface area contributed by atoms with Crippen molar-refractivity contribution >= 4 is 21.7 Å². The van der Waals surface area contributed by atoms with Crippen LogP contribution in [0.5, 0.6) is 5.75 Å². The highest BCUT2D eigenvalue weighted by Gasteiger charge is 2.23. The number of methoxy groups -OCH3 is 1. The number of alkyl halides is 1.